The standard InChI is InChI=1S/C25H22N2/c1-18-8-12-21(13-9-18)24-16-23(20-6-4-3-5-7-20)17-25(27-26-24)22-14-10-19(2)11-15-22/h3-16H,17H2,1-2H3. The van der Waals surface area contributed by atoms with Gasteiger partial charge in [0.05, 0.1) is 11.4 Å². The van der Waals surface area contributed by atoms with Gasteiger partial charge in [-0.05, 0) is 36.6 Å². The molecule has 0 fully saturated rings. The molecule has 27 heavy (non-hydrogen) atoms. The van der Waals surface area contributed by atoms with Gasteiger partial charge < -0.3 is 0 Å². The minimum absolute atomic E-state index is 0.756. The Kier molecular flexibility index (Phi) is 4.80. The lowest BCUT2D eigenvalue weighted by Gasteiger charge is -2.09. The van der Waals surface area contributed by atoms with E-state index in [1.165, 1.54) is 22.3 Å². The van der Waals surface area contributed by atoms with Crippen LogP contribution in [0.15, 0.2) is 95.1 Å². The minimum Gasteiger partial charge on any atom is -0.154 e. The van der Waals surface area contributed by atoms with Crippen LogP contribution >= 0.6 is 0 Å². The Morgan fingerprint density at radius 2 is 1.19 bits per heavy atom. The highest BCUT2D eigenvalue weighted by Crippen LogP contribution is 2.25. The van der Waals surface area contributed by atoms with Crippen molar-refractivity contribution in [3.8, 4) is 0 Å². The molecule has 0 saturated heterocycles. The molecule has 0 radical (unpaired) electrons. The van der Waals surface area contributed by atoms with Crippen molar-refractivity contribution >= 4 is 17.0 Å². The fourth-order valence-electron chi connectivity index (χ4n) is 3.18. The molecule has 1 aliphatic heterocycles. The first kappa shape index (κ1) is 17.2. The van der Waals surface area contributed by atoms with Crippen LogP contribution in [0.2, 0.25) is 0 Å². The van der Waals surface area contributed by atoms with Gasteiger partial charge in [0.25, 0.3) is 0 Å². The third kappa shape index (κ3) is 3.95. The van der Waals surface area contributed by atoms with E-state index in [9.17, 15) is 0 Å². The first-order valence-electron chi connectivity index (χ1n) is 9.24. The second-order valence-corrected chi connectivity index (χ2v) is 6.98. The Labute approximate surface area is 160 Å². The maximum atomic E-state index is 4.63. The third-order valence-electron chi connectivity index (χ3n) is 4.82. The number of nitrogens with zero attached hydrogens (tertiary/aromatic N) is 2. The molecule has 4 rings (SSSR count). The number of rotatable bonds is 3. The van der Waals surface area contributed by atoms with Gasteiger partial charge in [0.2, 0.25) is 0 Å². The summed E-state index contributed by atoms with van der Waals surface area (Å²) in [6.07, 6.45) is 2.93. The molecule has 0 saturated carbocycles. The zero-order valence-corrected chi connectivity index (χ0v) is 15.7. The lowest BCUT2D eigenvalue weighted by atomic mass is 9.94. The Morgan fingerprint density at radius 3 is 1.81 bits per heavy atom. The number of allylic oxidation sites excluding steroid dienone is 2. The zero-order valence-electron chi connectivity index (χ0n) is 15.7. The summed E-state index contributed by atoms with van der Waals surface area (Å²) in [6.45, 7) is 4.19. The quantitative estimate of drug-likeness (QED) is 0.555. The lowest BCUT2D eigenvalue weighted by Crippen LogP contribution is -2.02. The number of hydrogen-bond acceptors (Lipinski definition) is 2. The second-order valence-electron chi connectivity index (χ2n) is 6.98. The summed E-state index contributed by atoms with van der Waals surface area (Å²) >= 11 is 0. The number of benzene rings is 3. The van der Waals surface area contributed by atoms with Crippen molar-refractivity contribution in [1.29, 1.82) is 0 Å². The van der Waals surface area contributed by atoms with E-state index in [-0.39, 0.29) is 0 Å². The van der Waals surface area contributed by atoms with Crippen LogP contribution in [-0.2, 0) is 0 Å². The summed E-state index contributed by atoms with van der Waals surface area (Å²) in [5, 5.41) is 9.24. The largest absolute Gasteiger partial charge is 0.154 e. The lowest BCUT2D eigenvalue weighted by molar-refractivity contribution is 1.22. The average molecular weight is 350 g/mol. The van der Waals surface area contributed by atoms with E-state index in [2.05, 4.69) is 103 Å². The van der Waals surface area contributed by atoms with Crippen molar-refractivity contribution < 1.29 is 0 Å². The van der Waals surface area contributed by atoms with Crippen LogP contribution in [0.25, 0.3) is 5.57 Å². The summed E-state index contributed by atoms with van der Waals surface area (Å²) in [5.74, 6) is 0. The van der Waals surface area contributed by atoms with Crippen LogP contribution in [0.3, 0.4) is 0 Å². The third-order valence-corrected chi connectivity index (χ3v) is 4.82. The Morgan fingerprint density at radius 1 is 0.593 bits per heavy atom. The molecule has 0 spiro atoms. The predicted molar refractivity (Wildman–Crippen MR) is 114 cm³/mol. The maximum absolute atomic E-state index is 4.63. The minimum atomic E-state index is 0.756. The summed E-state index contributed by atoms with van der Waals surface area (Å²) < 4.78 is 0. The van der Waals surface area contributed by atoms with Crippen molar-refractivity contribution in [3.63, 3.8) is 0 Å². The van der Waals surface area contributed by atoms with E-state index < -0.39 is 0 Å². The molecule has 132 valence electrons. The summed E-state index contributed by atoms with van der Waals surface area (Å²) in [6, 6.07) is 27.5. The molecule has 0 bridgehead atoms. The van der Waals surface area contributed by atoms with E-state index in [1.807, 2.05) is 6.07 Å². The molecule has 1 heterocycles. The van der Waals surface area contributed by atoms with E-state index >= 15 is 0 Å². The Bertz CT molecular complexity index is 1020. The molecular formula is C25H22N2. The topological polar surface area (TPSA) is 24.7 Å². The maximum Gasteiger partial charge on any atom is 0.0932 e. The summed E-state index contributed by atoms with van der Waals surface area (Å²) in [4.78, 5) is 0. The van der Waals surface area contributed by atoms with Gasteiger partial charge in [-0.2, -0.15) is 10.2 Å². The van der Waals surface area contributed by atoms with Gasteiger partial charge in [0.1, 0.15) is 0 Å². The van der Waals surface area contributed by atoms with Crippen LogP contribution in [0, 0.1) is 13.8 Å². The van der Waals surface area contributed by atoms with Crippen LogP contribution in [0.1, 0.15) is 34.2 Å². The van der Waals surface area contributed by atoms with Crippen LogP contribution in [-0.4, -0.2) is 11.4 Å². The van der Waals surface area contributed by atoms with Gasteiger partial charge in [-0.1, -0.05) is 90.0 Å². The van der Waals surface area contributed by atoms with E-state index in [0.717, 1.165) is 29.0 Å². The highest BCUT2D eigenvalue weighted by molar-refractivity contribution is 6.17. The van der Waals surface area contributed by atoms with Crippen LogP contribution in [0.4, 0.5) is 0 Å². The first-order valence-corrected chi connectivity index (χ1v) is 9.24. The highest BCUT2D eigenvalue weighted by atomic mass is 15.2. The first-order chi connectivity index (χ1) is 13.2. The Hall–Kier alpha value is -3.26. The smallest absolute Gasteiger partial charge is 0.0932 e. The molecule has 0 N–H and O–H groups in total. The molecule has 1 aliphatic rings. The van der Waals surface area contributed by atoms with Gasteiger partial charge in [0, 0.05) is 12.0 Å². The molecule has 0 amide bonds. The molecule has 0 aromatic heterocycles. The fraction of sp³-hybridized carbons (Fsp3) is 0.120. The second kappa shape index (κ2) is 7.55. The van der Waals surface area contributed by atoms with Gasteiger partial charge >= 0.3 is 0 Å². The SMILES string of the molecule is Cc1ccc(C2=NN=C(c3ccc(C)cc3)CC(c3ccccc3)=C2)cc1. The molecule has 0 atom stereocenters. The van der Waals surface area contributed by atoms with Crippen LogP contribution in [0.5, 0.6) is 0 Å². The number of aryl methyl sites for hydroxylation is 2. The molecule has 3 aromatic carbocycles. The van der Waals surface area contributed by atoms with Gasteiger partial charge in [-0.3, -0.25) is 0 Å². The molecule has 2 heteroatoms. The molecule has 2 nitrogen and oxygen atoms in total. The van der Waals surface area contributed by atoms with E-state index in [1.54, 1.807) is 0 Å². The highest BCUT2D eigenvalue weighted by Gasteiger charge is 2.14. The van der Waals surface area contributed by atoms with Crippen molar-refractivity contribution in [2.24, 2.45) is 10.2 Å². The van der Waals surface area contributed by atoms with Gasteiger partial charge in [0.15, 0.2) is 0 Å². The van der Waals surface area contributed by atoms with Crippen molar-refractivity contribution in [2.45, 2.75) is 20.3 Å². The predicted octanol–water partition coefficient (Wildman–Crippen LogP) is 5.98. The van der Waals surface area contributed by atoms with Crippen LogP contribution < -0.4 is 0 Å². The van der Waals surface area contributed by atoms with E-state index in [4.69, 9.17) is 0 Å². The zero-order chi connectivity index (χ0) is 18.6. The molecule has 3 aromatic rings. The molecular weight excluding hydrogens is 328 g/mol. The van der Waals surface area contributed by atoms with Crippen molar-refractivity contribution in [3.05, 3.63) is 113 Å². The van der Waals surface area contributed by atoms with Gasteiger partial charge in [-0.15, -0.1) is 0 Å². The molecule has 0 aliphatic carbocycles. The summed E-state index contributed by atoms with van der Waals surface area (Å²) in [7, 11) is 0. The monoisotopic (exact) mass is 350 g/mol. The number of hydrogen-bond donors (Lipinski definition) is 0. The Balaban J connectivity index is 1.81. The normalized spacial score (nSPS) is 14.1. The average Bonchev–Trinajstić information content (AvgIpc) is 2.93. The van der Waals surface area contributed by atoms with Gasteiger partial charge in [-0.25, -0.2) is 0 Å². The fourth-order valence-corrected chi connectivity index (χ4v) is 3.18. The van der Waals surface area contributed by atoms with Crippen molar-refractivity contribution in [2.75, 3.05) is 0 Å². The molecule has 0 unspecified atom stereocenters. The van der Waals surface area contributed by atoms with Crippen molar-refractivity contribution in [1.82, 2.24) is 0 Å². The summed E-state index contributed by atoms with van der Waals surface area (Å²) in [5.41, 5.74) is 9.02. The van der Waals surface area contributed by atoms with E-state index in [0.29, 0.717) is 0 Å².